The van der Waals surface area contributed by atoms with E-state index in [1.54, 1.807) is 18.2 Å². The van der Waals surface area contributed by atoms with E-state index in [4.69, 9.17) is 4.74 Å². The SMILES string of the molecule is Cc1c(OC(=O)N[C@H](c2cccc(F)c2)C2CC2)c2cccc(F)c2c(=O)n1-c1ccccc1F. The maximum Gasteiger partial charge on any atom is 0.413 e. The van der Waals surface area contributed by atoms with Crippen molar-refractivity contribution in [3.63, 3.8) is 0 Å². The number of carbonyl (C=O) groups is 1. The second-order valence-corrected chi connectivity index (χ2v) is 8.57. The largest absolute Gasteiger partial charge is 0.413 e. The van der Waals surface area contributed by atoms with Crippen molar-refractivity contribution in [3.05, 3.63) is 106 Å². The summed E-state index contributed by atoms with van der Waals surface area (Å²) in [5.74, 6) is -1.87. The summed E-state index contributed by atoms with van der Waals surface area (Å²) in [5.41, 5.74) is -0.138. The number of pyridine rings is 1. The molecule has 5 nitrogen and oxygen atoms in total. The Morgan fingerprint density at radius 2 is 1.71 bits per heavy atom. The number of nitrogens with one attached hydrogen (secondary N) is 1. The van der Waals surface area contributed by atoms with Crippen molar-refractivity contribution < 1.29 is 22.7 Å². The standard InChI is InChI=1S/C27H21F3N2O3/c1-15-25(35-27(34)31-24(16-12-13-16)17-6-4-7-18(28)14-17)19-8-5-10-21(30)23(19)26(33)32(15)22-11-3-2-9-20(22)29/h2-11,14,16,24H,12-13H2,1H3,(H,31,34)/t24-/m0/s1. The highest BCUT2D eigenvalue weighted by Gasteiger charge is 2.34. The minimum Gasteiger partial charge on any atom is -0.408 e. The lowest BCUT2D eigenvalue weighted by molar-refractivity contribution is 0.194. The fraction of sp³-hybridized carbons (Fsp3) is 0.185. The van der Waals surface area contributed by atoms with Crippen LogP contribution >= 0.6 is 0 Å². The van der Waals surface area contributed by atoms with Crippen LogP contribution in [0.2, 0.25) is 0 Å². The number of ether oxygens (including phenoxy) is 1. The molecule has 0 aliphatic heterocycles. The minimum absolute atomic E-state index is 0.0753. The van der Waals surface area contributed by atoms with Crippen LogP contribution in [0, 0.1) is 30.3 Å². The maximum absolute atomic E-state index is 14.8. The molecule has 8 heteroatoms. The van der Waals surface area contributed by atoms with Gasteiger partial charge in [0.15, 0.2) is 5.75 Å². The van der Waals surface area contributed by atoms with Gasteiger partial charge < -0.3 is 10.1 Å². The van der Waals surface area contributed by atoms with E-state index in [9.17, 15) is 22.8 Å². The fourth-order valence-corrected chi connectivity index (χ4v) is 4.40. The summed E-state index contributed by atoms with van der Waals surface area (Å²) in [5, 5.41) is 2.54. The van der Waals surface area contributed by atoms with Crippen LogP contribution in [0.5, 0.6) is 5.75 Å². The number of hydrogen-bond donors (Lipinski definition) is 1. The predicted octanol–water partition coefficient (Wildman–Crippen LogP) is 5.96. The summed E-state index contributed by atoms with van der Waals surface area (Å²) < 4.78 is 49.8. The molecular formula is C27H21F3N2O3. The Hall–Kier alpha value is -4.07. The topological polar surface area (TPSA) is 60.3 Å². The number of rotatable bonds is 5. The van der Waals surface area contributed by atoms with Crippen molar-refractivity contribution in [1.82, 2.24) is 9.88 Å². The Kier molecular flexibility index (Phi) is 5.80. The Morgan fingerprint density at radius 1 is 1.00 bits per heavy atom. The van der Waals surface area contributed by atoms with Crippen LogP contribution in [0.4, 0.5) is 18.0 Å². The minimum atomic E-state index is -0.849. The summed E-state index contributed by atoms with van der Waals surface area (Å²) in [6.45, 7) is 1.49. The van der Waals surface area contributed by atoms with E-state index in [1.165, 1.54) is 49.4 Å². The van der Waals surface area contributed by atoms with Crippen LogP contribution < -0.4 is 15.6 Å². The Balaban J connectivity index is 1.58. The molecule has 0 bridgehead atoms. The van der Waals surface area contributed by atoms with Crippen LogP contribution in [-0.2, 0) is 0 Å². The quantitative estimate of drug-likeness (QED) is 0.385. The number of fused-ring (bicyclic) bond motifs is 1. The van der Waals surface area contributed by atoms with E-state index in [0.29, 0.717) is 5.56 Å². The average molecular weight is 478 g/mol. The van der Waals surface area contributed by atoms with Gasteiger partial charge in [-0.2, -0.15) is 0 Å². The molecule has 1 amide bonds. The monoisotopic (exact) mass is 478 g/mol. The molecule has 0 radical (unpaired) electrons. The van der Waals surface area contributed by atoms with Gasteiger partial charge in [-0.15, -0.1) is 0 Å². The third-order valence-electron chi connectivity index (χ3n) is 6.20. The molecule has 35 heavy (non-hydrogen) atoms. The first kappa shape index (κ1) is 22.7. The van der Waals surface area contributed by atoms with Crippen molar-refractivity contribution >= 4 is 16.9 Å². The van der Waals surface area contributed by atoms with Gasteiger partial charge in [0.05, 0.1) is 22.8 Å². The number of benzene rings is 3. The van der Waals surface area contributed by atoms with E-state index in [2.05, 4.69) is 5.32 Å². The Bertz CT molecular complexity index is 1510. The maximum atomic E-state index is 14.8. The fourth-order valence-electron chi connectivity index (χ4n) is 4.40. The zero-order valence-corrected chi connectivity index (χ0v) is 18.7. The normalized spacial score (nSPS) is 14.1. The molecule has 1 aliphatic rings. The van der Waals surface area contributed by atoms with Crippen LogP contribution in [0.15, 0.2) is 71.5 Å². The zero-order valence-electron chi connectivity index (χ0n) is 18.7. The highest BCUT2D eigenvalue weighted by atomic mass is 19.1. The van der Waals surface area contributed by atoms with Gasteiger partial charge in [0.25, 0.3) is 5.56 Å². The molecule has 1 saturated carbocycles. The van der Waals surface area contributed by atoms with E-state index >= 15 is 0 Å². The number of halogens is 3. The zero-order chi connectivity index (χ0) is 24.7. The lowest BCUT2D eigenvalue weighted by atomic mass is 10.0. The molecule has 3 aromatic carbocycles. The van der Waals surface area contributed by atoms with Crippen molar-refractivity contribution in [2.75, 3.05) is 0 Å². The van der Waals surface area contributed by atoms with Crippen molar-refractivity contribution in [2.45, 2.75) is 25.8 Å². The van der Waals surface area contributed by atoms with Crippen molar-refractivity contribution in [2.24, 2.45) is 5.92 Å². The Morgan fingerprint density at radius 3 is 2.43 bits per heavy atom. The van der Waals surface area contributed by atoms with Gasteiger partial charge >= 0.3 is 6.09 Å². The third-order valence-corrected chi connectivity index (χ3v) is 6.20. The number of para-hydroxylation sites is 1. The van der Waals surface area contributed by atoms with Gasteiger partial charge in [-0.1, -0.05) is 36.4 Å². The molecule has 0 saturated heterocycles. The molecule has 1 aliphatic carbocycles. The smallest absolute Gasteiger partial charge is 0.408 e. The number of nitrogens with zero attached hydrogens (tertiary/aromatic N) is 1. The lowest BCUT2D eigenvalue weighted by Gasteiger charge is -2.21. The second-order valence-electron chi connectivity index (χ2n) is 8.57. The average Bonchev–Trinajstić information content (AvgIpc) is 3.67. The van der Waals surface area contributed by atoms with E-state index in [-0.39, 0.29) is 33.8 Å². The molecule has 1 aromatic heterocycles. The van der Waals surface area contributed by atoms with Crippen LogP contribution in [-0.4, -0.2) is 10.7 Å². The number of amides is 1. The molecule has 5 rings (SSSR count). The molecular weight excluding hydrogens is 457 g/mol. The molecule has 4 aromatic rings. The molecule has 1 fully saturated rings. The van der Waals surface area contributed by atoms with Crippen molar-refractivity contribution in [3.8, 4) is 11.4 Å². The number of hydrogen-bond acceptors (Lipinski definition) is 3. The van der Waals surface area contributed by atoms with E-state index < -0.39 is 35.1 Å². The molecule has 1 atom stereocenters. The summed E-state index contributed by atoms with van der Waals surface area (Å²) in [6, 6.07) is 15.0. The van der Waals surface area contributed by atoms with E-state index in [1.807, 2.05) is 0 Å². The van der Waals surface area contributed by atoms with Crippen molar-refractivity contribution in [1.29, 1.82) is 0 Å². The molecule has 1 heterocycles. The van der Waals surface area contributed by atoms with Gasteiger partial charge in [0.1, 0.15) is 17.5 Å². The summed E-state index contributed by atoms with van der Waals surface area (Å²) in [6.07, 6.45) is 0.887. The first-order chi connectivity index (χ1) is 16.8. The molecule has 0 unspecified atom stereocenters. The van der Waals surface area contributed by atoms with Gasteiger partial charge in [0.2, 0.25) is 0 Å². The first-order valence-corrected chi connectivity index (χ1v) is 11.2. The van der Waals surface area contributed by atoms with Gasteiger partial charge in [-0.25, -0.2) is 18.0 Å². The van der Waals surface area contributed by atoms with Crippen LogP contribution in [0.3, 0.4) is 0 Å². The highest BCUT2D eigenvalue weighted by Crippen LogP contribution is 2.41. The predicted molar refractivity (Wildman–Crippen MR) is 125 cm³/mol. The van der Waals surface area contributed by atoms with Crippen LogP contribution in [0.25, 0.3) is 16.5 Å². The van der Waals surface area contributed by atoms with Gasteiger partial charge in [0, 0.05) is 5.39 Å². The summed E-state index contributed by atoms with van der Waals surface area (Å²) in [4.78, 5) is 26.2. The Labute approximate surface area is 198 Å². The highest BCUT2D eigenvalue weighted by molar-refractivity contribution is 5.91. The lowest BCUT2D eigenvalue weighted by Crippen LogP contribution is -2.33. The molecule has 1 N–H and O–H groups in total. The number of aromatic nitrogens is 1. The number of carbonyl (C=O) groups excluding carboxylic acids is 1. The first-order valence-electron chi connectivity index (χ1n) is 11.2. The third kappa shape index (κ3) is 4.27. The molecule has 0 spiro atoms. The summed E-state index contributed by atoms with van der Waals surface area (Å²) >= 11 is 0. The second kappa shape index (κ2) is 8.94. The van der Waals surface area contributed by atoms with E-state index in [0.717, 1.165) is 23.5 Å². The van der Waals surface area contributed by atoms with Gasteiger partial charge in [-0.05, 0) is 61.6 Å². The molecule has 178 valence electrons. The van der Waals surface area contributed by atoms with Gasteiger partial charge in [-0.3, -0.25) is 9.36 Å². The van der Waals surface area contributed by atoms with Crippen LogP contribution in [0.1, 0.15) is 30.1 Å². The summed E-state index contributed by atoms with van der Waals surface area (Å²) in [7, 11) is 0.